The maximum atomic E-state index is 6.40. The lowest BCUT2D eigenvalue weighted by Gasteiger charge is -2.14. The van der Waals surface area contributed by atoms with E-state index in [4.69, 9.17) is 5.73 Å². The summed E-state index contributed by atoms with van der Waals surface area (Å²) >= 11 is 5.41. The topological polar surface area (TPSA) is 26.0 Å². The molecule has 0 bridgehead atoms. The molecule has 3 rings (SSSR count). The highest BCUT2D eigenvalue weighted by Gasteiger charge is 2.13. The second-order valence-corrected chi connectivity index (χ2v) is 6.86. The van der Waals surface area contributed by atoms with Crippen molar-refractivity contribution in [3.8, 4) is 0 Å². The van der Waals surface area contributed by atoms with E-state index >= 15 is 0 Å². The predicted molar refractivity (Wildman–Crippen MR) is 91.3 cm³/mol. The first-order chi connectivity index (χ1) is 9.65. The molecule has 2 aromatic carbocycles. The van der Waals surface area contributed by atoms with Crippen LogP contribution >= 0.6 is 27.3 Å². The molecule has 1 aromatic heterocycles. The average Bonchev–Trinajstić information content (AvgIpc) is 2.82. The first kappa shape index (κ1) is 13.8. The molecule has 0 saturated heterocycles. The monoisotopic (exact) mass is 345 g/mol. The molecule has 1 atom stereocenters. The Kier molecular flexibility index (Phi) is 3.92. The lowest BCUT2D eigenvalue weighted by molar-refractivity contribution is 0.723. The zero-order valence-electron chi connectivity index (χ0n) is 11.3. The highest BCUT2D eigenvalue weighted by molar-refractivity contribution is 9.10. The fourth-order valence-electron chi connectivity index (χ4n) is 2.47. The van der Waals surface area contributed by atoms with Gasteiger partial charge in [0, 0.05) is 15.2 Å². The highest BCUT2D eigenvalue weighted by atomic mass is 79.9. The van der Waals surface area contributed by atoms with Gasteiger partial charge in [0.05, 0.1) is 0 Å². The number of thiophene rings is 1. The second-order valence-electron chi connectivity index (χ2n) is 5.09. The third-order valence-corrected chi connectivity index (χ3v) is 5.26. The van der Waals surface area contributed by atoms with E-state index in [1.807, 2.05) is 0 Å². The van der Waals surface area contributed by atoms with Crippen LogP contribution in [-0.2, 0) is 6.42 Å². The van der Waals surface area contributed by atoms with Crippen molar-refractivity contribution in [3.63, 3.8) is 0 Å². The van der Waals surface area contributed by atoms with Gasteiger partial charge in [-0.2, -0.15) is 0 Å². The molecule has 1 heterocycles. The second kappa shape index (κ2) is 5.68. The van der Waals surface area contributed by atoms with Crippen LogP contribution in [0.3, 0.4) is 0 Å². The summed E-state index contributed by atoms with van der Waals surface area (Å²) in [7, 11) is 0. The third kappa shape index (κ3) is 2.66. The van der Waals surface area contributed by atoms with Gasteiger partial charge in [0.2, 0.25) is 0 Å². The highest BCUT2D eigenvalue weighted by Crippen LogP contribution is 2.31. The minimum atomic E-state index is 0.0166. The molecule has 3 heteroatoms. The van der Waals surface area contributed by atoms with Crippen molar-refractivity contribution < 1.29 is 0 Å². The molecule has 2 N–H and O–H groups in total. The Balaban J connectivity index is 1.90. The van der Waals surface area contributed by atoms with Crippen LogP contribution < -0.4 is 5.73 Å². The molecule has 20 heavy (non-hydrogen) atoms. The molecule has 0 aliphatic carbocycles. The van der Waals surface area contributed by atoms with Crippen LogP contribution in [0.4, 0.5) is 0 Å². The normalized spacial score (nSPS) is 12.8. The van der Waals surface area contributed by atoms with Crippen molar-refractivity contribution in [1.29, 1.82) is 0 Å². The van der Waals surface area contributed by atoms with Gasteiger partial charge in [-0.15, -0.1) is 11.3 Å². The third-order valence-electron chi connectivity index (χ3n) is 3.56. The Morgan fingerprint density at radius 2 is 2.00 bits per heavy atom. The molecule has 0 aliphatic heterocycles. The largest absolute Gasteiger partial charge is 0.324 e. The van der Waals surface area contributed by atoms with Crippen molar-refractivity contribution in [2.45, 2.75) is 19.4 Å². The zero-order valence-corrected chi connectivity index (χ0v) is 13.7. The summed E-state index contributed by atoms with van der Waals surface area (Å²) in [6.45, 7) is 2.09. The molecule has 0 fully saturated rings. The van der Waals surface area contributed by atoms with Crippen molar-refractivity contribution in [1.82, 2.24) is 0 Å². The van der Waals surface area contributed by atoms with Crippen LogP contribution in [-0.4, -0.2) is 0 Å². The maximum absolute atomic E-state index is 6.40. The van der Waals surface area contributed by atoms with Crippen LogP contribution in [0.5, 0.6) is 0 Å². The molecule has 0 spiro atoms. The number of halogens is 1. The van der Waals surface area contributed by atoms with E-state index in [0.717, 1.165) is 10.9 Å². The quantitative estimate of drug-likeness (QED) is 0.692. The van der Waals surface area contributed by atoms with E-state index in [2.05, 4.69) is 70.7 Å². The summed E-state index contributed by atoms with van der Waals surface area (Å²) in [6, 6.07) is 14.9. The Labute approximate surface area is 131 Å². The maximum Gasteiger partial charge on any atom is 0.0347 e. The number of benzene rings is 2. The van der Waals surface area contributed by atoms with E-state index in [1.54, 1.807) is 11.3 Å². The van der Waals surface area contributed by atoms with Gasteiger partial charge in [0.15, 0.2) is 0 Å². The number of rotatable bonds is 3. The van der Waals surface area contributed by atoms with E-state index in [-0.39, 0.29) is 6.04 Å². The number of hydrogen-bond donors (Lipinski definition) is 1. The smallest absolute Gasteiger partial charge is 0.0347 e. The first-order valence-corrected chi connectivity index (χ1v) is 8.29. The molecule has 0 aliphatic rings. The van der Waals surface area contributed by atoms with Crippen molar-refractivity contribution in [2.24, 2.45) is 5.73 Å². The minimum absolute atomic E-state index is 0.0166. The minimum Gasteiger partial charge on any atom is -0.324 e. The van der Waals surface area contributed by atoms with E-state index < -0.39 is 0 Å². The molecule has 3 aromatic rings. The Hall–Kier alpha value is -1.16. The standard InChI is InChI=1S/C17H16BrNS/c1-11-6-7-14(15(18)8-11)16(19)9-12-10-20-17-5-3-2-4-13(12)17/h2-8,10,16H,9,19H2,1H3. The summed E-state index contributed by atoms with van der Waals surface area (Å²) in [6.07, 6.45) is 0.867. The molecule has 0 radical (unpaired) electrons. The molecule has 1 unspecified atom stereocenters. The van der Waals surface area contributed by atoms with Gasteiger partial charge in [-0.3, -0.25) is 0 Å². The van der Waals surface area contributed by atoms with Crippen LogP contribution in [0.25, 0.3) is 10.1 Å². The van der Waals surface area contributed by atoms with E-state index in [9.17, 15) is 0 Å². The van der Waals surface area contributed by atoms with Gasteiger partial charge in [0.1, 0.15) is 0 Å². The van der Waals surface area contributed by atoms with Gasteiger partial charge in [-0.1, -0.05) is 46.3 Å². The number of fused-ring (bicyclic) bond motifs is 1. The summed E-state index contributed by atoms with van der Waals surface area (Å²) in [5.41, 5.74) is 10.2. The molecule has 0 saturated carbocycles. The van der Waals surface area contributed by atoms with Crippen molar-refractivity contribution in [3.05, 3.63) is 69.0 Å². The predicted octanol–water partition coefficient (Wildman–Crippen LogP) is 5.21. The molecular formula is C17H16BrNS. The van der Waals surface area contributed by atoms with Crippen LogP contribution in [0, 0.1) is 6.92 Å². The van der Waals surface area contributed by atoms with Gasteiger partial charge in [0.25, 0.3) is 0 Å². The number of aryl methyl sites for hydroxylation is 1. The van der Waals surface area contributed by atoms with Crippen LogP contribution in [0.2, 0.25) is 0 Å². The molecular weight excluding hydrogens is 330 g/mol. The van der Waals surface area contributed by atoms with Crippen molar-refractivity contribution in [2.75, 3.05) is 0 Å². The van der Waals surface area contributed by atoms with Crippen LogP contribution in [0.1, 0.15) is 22.7 Å². The lowest BCUT2D eigenvalue weighted by atomic mass is 9.98. The number of nitrogens with two attached hydrogens (primary N) is 1. The zero-order chi connectivity index (χ0) is 14.1. The summed E-state index contributed by atoms with van der Waals surface area (Å²) < 4.78 is 2.43. The van der Waals surface area contributed by atoms with Gasteiger partial charge in [-0.25, -0.2) is 0 Å². The lowest BCUT2D eigenvalue weighted by Crippen LogP contribution is -2.13. The first-order valence-electron chi connectivity index (χ1n) is 6.62. The summed E-state index contributed by atoms with van der Waals surface area (Å²) in [5.74, 6) is 0. The number of hydrogen-bond acceptors (Lipinski definition) is 2. The van der Waals surface area contributed by atoms with E-state index in [0.29, 0.717) is 0 Å². The SMILES string of the molecule is Cc1ccc(C(N)Cc2csc3ccccc23)c(Br)c1. The Bertz CT molecular complexity index is 748. The Morgan fingerprint density at radius 1 is 1.20 bits per heavy atom. The van der Waals surface area contributed by atoms with E-state index in [1.165, 1.54) is 26.8 Å². The summed E-state index contributed by atoms with van der Waals surface area (Å²) in [5, 5.41) is 3.56. The average molecular weight is 346 g/mol. The fourth-order valence-corrected chi connectivity index (χ4v) is 4.23. The van der Waals surface area contributed by atoms with Gasteiger partial charge >= 0.3 is 0 Å². The molecule has 102 valence electrons. The Morgan fingerprint density at radius 3 is 2.80 bits per heavy atom. The summed E-state index contributed by atoms with van der Waals surface area (Å²) in [4.78, 5) is 0. The van der Waals surface area contributed by atoms with Crippen molar-refractivity contribution >= 4 is 37.4 Å². The van der Waals surface area contributed by atoms with Gasteiger partial charge < -0.3 is 5.73 Å². The molecule has 0 amide bonds. The molecule has 1 nitrogen and oxygen atoms in total. The van der Waals surface area contributed by atoms with Crippen LogP contribution in [0.15, 0.2) is 52.3 Å². The van der Waals surface area contributed by atoms with Gasteiger partial charge in [-0.05, 0) is 52.9 Å². The fraction of sp³-hybridized carbons (Fsp3) is 0.176.